The molecule has 0 saturated carbocycles. The Morgan fingerprint density at radius 1 is 0.422 bits per heavy atom. The molecule has 0 spiro atoms. The quantitative estimate of drug-likeness (QED) is 0.148. The number of hydrogen-bond donors (Lipinski definition) is 0. The number of rotatable bonds is 8. The molecule has 64 heavy (non-hydrogen) atoms. The van der Waals surface area contributed by atoms with E-state index in [-0.39, 0.29) is 11.8 Å². The first-order valence-corrected chi connectivity index (χ1v) is 22.4. The Morgan fingerprint density at radius 3 is 1.83 bits per heavy atom. The van der Waals surface area contributed by atoms with Gasteiger partial charge in [0.15, 0.2) is 0 Å². The molecule has 9 aromatic rings. The van der Waals surface area contributed by atoms with Gasteiger partial charge in [-0.05, 0) is 102 Å². The number of benzene rings is 9. The van der Waals surface area contributed by atoms with E-state index in [0.29, 0.717) is 0 Å². The van der Waals surface area contributed by atoms with E-state index in [4.69, 9.17) is 0 Å². The second-order valence-electron chi connectivity index (χ2n) is 17.1. The molecular weight excluding hydrogens is 771 g/mol. The molecule has 3 aliphatic carbocycles. The van der Waals surface area contributed by atoms with Gasteiger partial charge in [-0.25, -0.2) is 0 Å². The van der Waals surface area contributed by atoms with Crippen molar-refractivity contribution in [3.63, 3.8) is 0 Å². The fourth-order valence-electron chi connectivity index (χ4n) is 11.0. The van der Waals surface area contributed by atoms with Gasteiger partial charge in [-0.3, -0.25) is 0 Å². The van der Waals surface area contributed by atoms with Crippen LogP contribution >= 0.6 is 0 Å². The molecule has 0 heterocycles. The highest BCUT2D eigenvalue weighted by Crippen LogP contribution is 2.60. The van der Waals surface area contributed by atoms with E-state index in [1.54, 1.807) is 0 Å². The van der Waals surface area contributed by atoms with Gasteiger partial charge in [0.05, 0.1) is 11.1 Å². The van der Waals surface area contributed by atoms with Crippen LogP contribution in [-0.4, -0.2) is 0 Å². The number of allylic oxidation sites excluding steroid dienone is 8. The summed E-state index contributed by atoms with van der Waals surface area (Å²) in [5, 5.41) is 2.49. The third-order valence-electron chi connectivity index (χ3n) is 13.8. The van der Waals surface area contributed by atoms with Gasteiger partial charge in [-0.2, -0.15) is 0 Å². The van der Waals surface area contributed by atoms with Crippen LogP contribution in [0.5, 0.6) is 0 Å². The summed E-state index contributed by atoms with van der Waals surface area (Å²) in [7, 11) is 0. The standard InChI is InChI=1S/C63H45N/c1-4-20-46(21-5-1)53-31-16-23-47-24-17-32-55(61(47)53)54-29-13-15-35-59(54)64(52-41-39-45(40-42-52)49-38-37-44-19-10-11-22-48(44)43-49)60-36-18-34-58-62(60)56-30-12-14-33-57(56)63(58,50-25-6-2-7-26-50)51-27-8-3-9-28-51/h1-43,55,61H. The zero-order valence-corrected chi connectivity index (χ0v) is 35.4. The number of nitrogens with zero attached hydrogens (tertiary/aromatic N) is 1. The summed E-state index contributed by atoms with van der Waals surface area (Å²) in [5.41, 5.74) is 18.1. The summed E-state index contributed by atoms with van der Waals surface area (Å²) in [6.45, 7) is 0. The molecule has 302 valence electrons. The molecule has 1 nitrogen and oxygen atoms in total. The van der Waals surface area contributed by atoms with Gasteiger partial charge >= 0.3 is 0 Å². The number of anilines is 3. The maximum absolute atomic E-state index is 2.55. The predicted molar refractivity (Wildman–Crippen MR) is 268 cm³/mol. The van der Waals surface area contributed by atoms with Crippen molar-refractivity contribution in [2.45, 2.75) is 11.3 Å². The van der Waals surface area contributed by atoms with E-state index < -0.39 is 5.41 Å². The zero-order valence-electron chi connectivity index (χ0n) is 35.4. The molecule has 0 aliphatic heterocycles. The molecule has 2 unspecified atom stereocenters. The average Bonchev–Trinajstić information content (AvgIpc) is 3.69. The van der Waals surface area contributed by atoms with Crippen molar-refractivity contribution in [1.82, 2.24) is 0 Å². The van der Waals surface area contributed by atoms with E-state index >= 15 is 0 Å². The maximum atomic E-state index is 2.55. The summed E-state index contributed by atoms with van der Waals surface area (Å²) in [5.74, 6) is 0.241. The molecular formula is C63H45N. The van der Waals surface area contributed by atoms with Gasteiger partial charge in [-0.15, -0.1) is 0 Å². The summed E-state index contributed by atoms with van der Waals surface area (Å²) in [6, 6.07) is 83.0. The van der Waals surface area contributed by atoms with Crippen molar-refractivity contribution in [1.29, 1.82) is 0 Å². The van der Waals surface area contributed by atoms with Gasteiger partial charge < -0.3 is 4.90 Å². The van der Waals surface area contributed by atoms with Crippen molar-refractivity contribution in [3.05, 3.63) is 300 Å². The van der Waals surface area contributed by atoms with E-state index in [1.165, 1.54) is 83.2 Å². The van der Waals surface area contributed by atoms with Crippen LogP contribution in [0.15, 0.2) is 266 Å². The summed E-state index contributed by atoms with van der Waals surface area (Å²) in [4.78, 5) is 2.55. The maximum Gasteiger partial charge on any atom is 0.0714 e. The molecule has 0 aromatic heterocycles. The van der Waals surface area contributed by atoms with Crippen LogP contribution in [0.1, 0.15) is 39.3 Å². The van der Waals surface area contributed by atoms with Crippen molar-refractivity contribution >= 4 is 33.4 Å². The fraction of sp³-hybridized carbons (Fsp3) is 0.0476. The van der Waals surface area contributed by atoms with Gasteiger partial charge in [0, 0.05) is 28.8 Å². The molecule has 0 bridgehead atoms. The Labute approximate surface area is 376 Å². The minimum absolute atomic E-state index is 0.0868. The third-order valence-corrected chi connectivity index (χ3v) is 13.8. The number of hydrogen-bond acceptors (Lipinski definition) is 1. The van der Waals surface area contributed by atoms with E-state index in [2.05, 4.69) is 266 Å². The minimum Gasteiger partial charge on any atom is -0.310 e. The van der Waals surface area contributed by atoms with Crippen molar-refractivity contribution < 1.29 is 0 Å². The Balaban J connectivity index is 1.10. The van der Waals surface area contributed by atoms with E-state index in [0.717, 1.165) is 11.4 Å². The molecule has 3 aliphatic rings. The Kier molecular flexibility index (Phi) is 9.27. The molecule has 2 atom stereocenters. The summed E-state index contributed by atoms with van der Waals surface area (Å²) in [6.07, 6.45) is 13.8. The van der Waals surface area contributed by atoms with Crippen LogP contribution in [0.25, 0.3) is 38.6 Å². The summed E-state index contributed by atoms with van der Waals surface area (Å²) >= 11 is 0. The smallest absolute Gasteiger partial charge is 0.0714 e. The zero-order chi connectivity index (χ0) is 42.5. The normalized spacial score (nSPS) is 16.6. The summed E-state index contributed by atoms with van der Waals surface area (Å²) < 4.78 is 0. The van der Waals surface area contributed by atoms with Crippen LogP contribution in [-0.2, 0) is 5.41 Å². The van der Waals surface area contributed by atoms with Crippen LogP contribution in [0.2, 0.25) is 0 Å². The highest BCUT2D eigenvalue weighted by Gasteiger charge is 2.47. The van der Waals surface area contributed by atoms with Gasteiger partial charge in [-0.1, -0.05) is 231 Å². The highest BCUT2D eigenvalue weighted by atomic mass is 15.1. The van der Waals surface area contributed by atoms with E-state index in [1.807, 2.05) is 0 Å². The molecule has 0 saturated heterocycles. The molecule has 0 radical (unpaired) electrons. The lowest BCUT2D eigenvalue weighted by molar-refractivity contribution is 0.687. The van der Waals surface area contributed by atoms with E-state index in [9.17, 15) is 0 Å². The minimum atomic E-state index is -0.523. The van der Waals surface area contributed by atoms with Gasteiger partial charge in [0.25, 0.3) is 0 Å². The van der Waals surface area contributed by atoms with Crippen molar-refractivity contribution in [2.24, 2.45) is 5.92 Å². The predicted octanol–water partition coefficient (Wildman–Crippen LogP) is 16.2. The molecule has 0 amide bonds. The first kappa shape index (κ1) is 37.7. The Bertz CT molecular complexity index is 3280. The molecule has 0 N–H and O–H groups in total. The van der Waals surface area contributed by atoms with Gasteiger partial charge in [0.1, 0.15) is 0 Å². The van der Waals surface area contributed by atoms with Crippen LogP contribution in [0.3, 0.4) is 0 Å². The SMILES string of the molecule is C1=CC2=CC=CC(c3ccccc3N(c3ccc(-c4ccc5ccccc5c4)cc3)c3cccc4c3-c3ccccc3C4(c3ccccc3)c3ccccc3)C2C(c2ccccc2)=C1. The van der Waals surface area contributed by atoms with Crippen LogP contribution < -0.4 is 4.90 Å². The third kappa shape index (κ3) is 6.08. The lowest BCUT2D eigenvalue weighted by Crippen LogP contribution is -2.28. The van der Waals surface area contributed by atoms with Crippen molar-refractivity contribution in [2.75, 3.05) is 4.90 Å². The lowest BCUT2D eigenvalue weighted by Gasteiger charge is -2.37. The second kappa shape index (κ2) is 15.7. The largest absolute Gasteiger partial charge is 0.310 e. The fourth-order valence-corrected chi connectivity index (χ4v) is 11.0. The lowest BCUT2D eigenvalue weighted by atomic mass is 9.67. The molecule has 1 heteroatoms. The Morgan fingerprint density at radius 2 is 1.05 bits per heavy atom. The van der Waals surface area contributed by atoms with Crippen molar-refractivity contribution in [3.8, 4) is 22.3 Å². The second-order valence-corrected chi connectivity index (χ2v) is 17.1. The first-order valence-electron chi connectivity index (χ1n) is 22.4. The topological polar surface area (TPSA) is 3.24 Å². The number of para-hydroxylation sites is 1. The average molecular weight is 816 g/mol. The molecule has 9 aromatic carbocycles. The van der Waals surface area contributed by atoms with Crippen LogP contribution in [0.4, 0.5) is 17.1 Å². The highest BCUT2D eigenvalue weighted by molar-refractivity contribution is 5.98. The monoisotopic (exact) mass is 815 g/mol. The first-order chi connectivity index (χ1) is 31.8. The number of fused-ring (bicyclic) bond motifs is 5. The molecule has 12 rings (SSSR count). The van der Waals surface area contributed by atoms with Gasteiger partial charge in [0.2, 0.25) is 0 Å². The Hall–Kier alpha value is -8.00. The molecule has 0 fully saturated rings. The van der Waals surface area contributed by atoms with Crippen LogP contribution in [0, 0.1) is 5.92 Å².